The van der Waals surface area contributed by atoms with E-state index >= 15 is 0 Å². The van der Waals surface area contributed by atoms with Crippen molar-refractivity contribution in [2.45, 2.75) is 25.7 Å². The van der Waals surface area contributed by atoms with Crippen LogP contribution >= 0.6 is 0 Å². The summed E-state index contributed by atoms with van der Waals surface area (Å²) < 4.78 is 47.4. The van der Waals surface area contributed by atoms with Crippen LogP contribution in [-0.4, -0.2) is 47.1 Å². The van der Waals surface area contributed by atoms with Crippen LogP contribution in [0.1, 0.15) is 25.7 Å². The summed E-state index contributed by atoms with van der Waals surface area (Å²) in [6.07, 6.45) is 6.31. The van der Waals surface area contributed by atoms with Crippen molar-refractivity contribution in [1.82, 2.24) is 4.90 Å². The molecule has 0 bridgehead atoms. The first-order valence-corrected chi connectivity index (χ1v) is 11.8. The highest BCUT2D eigenvalue weighted by Gasteiger charge is 2.18. The van der Waals surface area contributed by atoms with Gasteiger partial charge in [0.2, 0.25) is 0 Å². The molecule has 0 aromatic heterocycles. The Morgan fingerprint density at radius 2 is 1.65 bits per heavy atom. The van der Waals surface area contributed by atoms with Crippen LogP contribution in [0, 0.1) is 5.82 Å². The van der Waals surface area contributed by atoms with Gasteiger partial charge >= 0.3 is 10.2 Å². The van der Waals surface area contributed by atoms with Crippen LogP contribution in [0.25, 0.3) is 0 Å². The number of nitrogens with one attached hydrogen (secondary N) is 1. The molecule has 1 N–H and O–H groups in total. The Morgan fingerprint density at radius 1 is 1.00 bits per heavy atom. The van der Waals surface area contributed by atoms with E-state index in [4.69, 9.17) is 4.74 Å². The molecule has 0 saturated heterocycles. The fourth-order valence-electron chi connectivity index (χ4n) is 2.97. The summed E-state index contributed by atoms with van der Waals surface area (Å²) in [6.45, 7) is 6.35. The molecule has 0 saturated carbocycles. The highest BCUT2D eigenvalue weighted by Crippen LogP contribution is 2.22. The van der Waals surface area contributed by atoms with E-state index in [1.54, 1.807) is 24.3 Å². The third-order valence-electron chi connectivity index (χ3n) is 4.80. The zero-order chi connectivity index (χ0) is 22.7. The molecule has 0 radical (unpaired) electrons. The third kappa shape index (κ3) is 8.59. The monoisotopic (exact) mass is 449 g/mol. The van der Waals surface area contributed by atoms with E-state index in [9.17, 15) is 12.8 Å². The Hall–Kier alpha value is -2.58. The maximum absolute atomic E-state index is 13.0. The average Bonchev–Trinajstić information content (AvgIpc) is 2.74. The number of nitrogens with zero attached hydrogens (tertiary/aromatic N) is 2. The molecule has 0 aliphatic carbocycles. The molecule has 2 rings (SSSR count). The largest absolute Gasteiger partial charge is 0.494 e. The second kappa shape index (κ2) is 12.3. The predicted octanol–water partition coefficient (Wildman–Crippen LogP) is 4.68. The summed E-state index contributed by atoms with van der Waals surface area (Å²) in [7, 11) is -0.275. The van der Waals surface area contributed by atoms with Crippen molar-refractivity contribution >= 4 is 21.6 Å². The van der Waals surface area contributed by atoms with Crippen molar-refractivity contribution in [3.63, 3.8) is 0 Å². The summed E-state index contributed by atoms with van der Waals surface area (Å²) in [4.78, 5) is 2.25. The second-order valence-electron chi connectivity index (χ2n) is 7.39. The van der Waals surface area contributed by atoms with Gasteiger partial charge in [-0.3, -0.25) is 9.03 Å². The van der Waals surface area contributed by atoms with Gasteiger partial charge in [0.1, 0.15) is 11.6 Å². The molecule has 2 aromatic carbocycles. The second-order valence-corrected chi connectivity index (χ2v) is 9.09. The summed E-state index contributed by atoms with van der Waals surface area (Å²) >= 11 is 0. The normalized spacial score (nSPS) is 11.4. The van der Waals surface area contributed by atoms with Gasteiger partial charge in [-0.25, -0.2) is 4.39 Å². The Bertz CT molecular complexity index is 903. The number of benzene rings is 2. The van der Waals surface area contributed by atoms with E-state index < -0.39 is 16.0 Å². The molecular weight excluding hydrogens is 417 g/mol. The molecule has 6 nitrogen and oxygen atoms in total. The smallest absolute Gasteiger partial charge is 0.323 e. The van der Waals surface area contributed by atoms with Gasteiger partial charge in [0.15, 0.2) is 0 Å². The number of hydrogen-bond acceptors (Lipinski definition) is 4. The van der Waals surface area contributed by atoms with Crippen molar-refractivity contribution in [2.75, 3.05) is 42.8 Å². The minimum absolute atomic E-state index is 0.292. The van der Waals surface area contributed by atoms with Crippen molar-refractivity contribution in [1.29, 1.82) is 0 Å². The van der Waals surface area contributed by atoms with Crippen LogP contribution in [-0.2, 0) is 10.2 Å². The maximum atomic E-state index is 13.0. The number of anilines is 2. The Balaban J connectivity index is 1.75. The molecule has 2 aromatic rings. The number of ether oxygens (including phenoxy) is 1. The molecule has 0 amide bonds. The molecule has 31 heavy (non-hydrogen) atoms. The molecule has 0 heterocycles. The van der Waals surface area contributed by atoms with E-state index in [1.165, 1.54) is 31.3 Å². The molecule has 8 heteroatoms. The van der Waals surface area contributed by atoms with E-state index in [1.807, 2.05) is 6.08 Å². The van der Waals surface area contributed by atoms with E-state index in [2.05, 4.69) is 23.2 Å². The molecule has 170 valence electrons. The zero-order valence-corrected chi connectivity index (χ0v) is 19.1. The summed E-state index contributed by atoms with van der Waals surface area (Å²) in [6, 6.07) is 12.0. The highest BCUT2D eigenvalue weighted by atomic mass is 32.2. The van der Waals surface area contributed by atoms with E-state index in [0.717, 1.165) is 43.1 Å². The number of rotatable bonds is 14. The molecular formula is C23H32FN3O3S. The van der Waals surface area contributed by atoms with Gasteiger partial charge in [-0.05, 0) is 75.0 Å². The first-order valence-electron chi connectivity index (χ1n) is 10.4. The van der Waals surface area contributed by atoms with Gasteiger partial charge in [-0.1, -0.05) is 18.9 Å². The number of halogens is 1. The minimum Gasteiger partial charge on any atom is -0.494 e. The summed E-state index contributed by atoms with van der Waals surface area (Å²) in [5, 5.41) is 0. The molecule has 0 spiro atoms. The Labute approximate surface area is 185 Å². The standard InChI is InChI=1S/C23H32FN3O3S/c1-4-17-26(2)18-7-5-6-8-19-30-23-15-13-22(14-16-23)27(3)31(28,29)25-21-11-9-20(24)10-12-21/h4,9-16,25H,1,5-8,17-19H2,2-3H3. The first-order chi connectivity index (χ1) is 14.8. The molecule has 0 aliphatic rings. The fourth-order valence-corrected chi connectivity index (χ4v) is 3.94. The topological polar surface area (TPSA) is 61.9 Å². The van der Waals surface area contributed by atoms with Gasteiger partial charge in [-0.15, -0.1) is 6.58 Å². The average molecular weight is 450 g/mol. The van der Waals surface area contributed by atoms with Crippen molar-refractivity contribution in [2.24, 2.45) is 0 Å². The van der Waals surface area contributed by atoms with Crippen LogP contribution in [0.4, 0.5) is 15.8 Å². The predicted molar refractivity (Wildman–Crippen MR) is 125 cm³/mol. The van der Waals surface area contributed by atoms with Crippen LogP contribution in [0.2, 0.25) is 0 Å². The zero-order valence-electron chi connectivity index (χ0n) is 18.3. The maximum Gasteiger partial charge on any atom is 0.323 e. The lowest BCUT2D eigenvalue weighted by Gasteiger charge is -2.20. The van der Waals surface area contributed by atoms with Gasteiger partial charge in [0.05, 0.1) is 18.0 Å². The van der Waals surface area contributed by atoms with Crippen LogP contribution in [0.5, 0.6) is 5.75 Å². The van der Waals surface area contributed by atoms with Gasteiger partial charge in [0.25, 0.3) is 0 Å². The first kappa shape index (κ1) is 24.7. The van der Waals surface area contributed by atoms with Crippen LogP contribution in [0.3, 0.4) is 0 Å². The molecule has 0 atom stereocenters. The molecule has 0 unspecified atom stereocenters. The number of likely N-dealkylation sites (N-methyl/N-ethyl adjacent to an activating group) is 1. The van der Waals surface area contributed by atoms with Gasteiger partial charge in [-0.2, -0.15) is 8.42 Å². The SMILES string of the molecule is C=CCN(C)CCCCCCOc1ccc(N(C)S(=O)(=O)Nc2ccc(F)cc2)cc1. The molecule has 0 aliphatic heterocycles. The Kier molecular flexibility index (Phi) is 9.81. The number of unbranched alkanes of at least 4 members (excludes halogenated alkanes) is 3. The lowest BCUT2D eigenvalue weighted by Crippen LogP contribution is -2.32. The Morgan fingerprint density at radius 3 is 2.29 bits per heavy atom. The van der Waals surface area contributed by atoms with Gasteiger partial charge < -0.3 is 9.64 Å². The number of hydrogen-bond donors (Lipinski definition) is 1. The van der Waals surface area contributed by atoms with Crippen molar-refractivity contribution in [3.05, 3.63) is 67.0 Å². The van der Waals surface area contributed by atoms with Crippen LogP contribution < -0.4 is 13.8 Å². The summed E-state index contributed by atoms with van der Waals surface area (Å²) in [5.74, 6) is 0.273. The third-order valence-corrected chi connectivity index (χ3v) is 6.22. The lowest BCUT2D eigenvalue weighted by atomic mass is 10.2. The van der Waals surface area contributed by atoms with Crippen molar-refractivity contribution in [3.8, 4) is 5.75 Å². The molecule has 0 fully saturated rings. The van der Waals surface area contributed by atoms with Crippen molar-refractivity contribution < 1.29 is 17.5 Å². The van der Waals surface area contributed by atoms with Crippen LogP contribution in [0.15, 0.2) is 61.2 Å². The lowest BCUT2D eigenvalue weighted by molar-refractivity contribution is 0.300. The minimum atomic E-state index is -3.82. The van der Waals surface area contributed by atoms with Gasteiger partial charge in [0, 0.05) is 13.6 Å². The summed E-state index contributed by atoms with van der Waals surface area (Å²) in [5.41, 5.74) is 0.783. The fraction of sp³-hybridized carbons (Fsp3) is 0.391. The quantitative estimate of drug-likeness (QED) is 0.336. The van der Waals surface area contributed by atoms with E-state index in [-0.39, 0.29) is 0 Å². The highest BCUT2D eigenvalue weighted by molar-refractivity contribution is 7.94. The van der Waals surface area contributed by atoms with E-state index in [0.29, 0.717) is 23.7 Å².